The van der Waals surface area contributed by atoms with E-state index in [0.717, 1.165) is 16.5 Å². The highest BCUT2D eigenvalue weighted by Gasteiger charge is 2.10. The van der Waals surface area contributed by atoms with Gasteiger partial charge in [0.1, 0.15) is 5.75 Å². The van der Waals surface area contributed by atoms with Crippen molar-refractivity contribution < 1.29 is 5.11 Å². The van der Waals surface area contributed by atoms with Crippen molar-refractivity contribution in [3.8, 4) is 5.75 Å². The second-order valence-corrected chi connectivity index (χ2v) is 4.02. The van der Waals surface area contributed by atoms with Crippen molar-refractivity contribution in [2.45, 2.75) is 19.8 Å². The fourth-order valence-corrected chi connectivity index (χ4v) is 1.82. The molecule has 2 aromatic rings. The van der Waals surface area contributed by atoms with Gasteiger partial charge in [-0.05, 0) is 23.6 Å². The molecule has 0 unspecified atom stereocenters. The quantitative estimate of drug-likeness (QED) is 0.733. The van der Waals surface area contributed by atoms with Crippen molar-refractivity contribution >= 4 is 10.9 Å². The van der Waals surface area contributed by atoms with Gasteiger partial charge in [0, 0.05) is 18.6 Å². The molecule has 0 radical (unpaired) electrons. The average Bonchev–Trinajstić information content (AvgIpc) is 2.49. The van der Waals surface area contributed by atoms with E-state index < -0.39 is 0 Å². The van der Waals surface area contributed by atoms with Crippen LogP contribution in [0.2, 0.25) is 0 Å². The number of nitrogens with zero attached hydrogens (tertiary/aromatic N) is 1. The molecule has 0 bridgehead atoms. The molecule has 0 fully saturated rings. The van der Waals surface area contributed by atoms with Crippen molar-refractivity contribution in [2.24, 2.45) is 7.05 Å². The molecule has 0 saturated carbocycles. The Kier molecular flexibility index (Phi) is 1.99. The Hall–Kier alpha value is -1.44. The van der Waals surface area contributed by atoms with Crippen LogP contribution in [0.1, 0.15) is 25.3 Å². The van der Waals surface area contributed by atoms with Gasteiger partial charge in [0.05, 0.1) is 5.52 Å². The molecule has 74 valence electrons. The summed E-state index contributed by atoms with van der Waals surface area (Å²) < 4.78 is 2.01. The molecule has 2 rings (SSSR count). The summed E-state index contributed by atoms with van der Waals surface area (Å²) in [4.78, 5) is 0. The highest BCUT2D eigenvalue weighted by Crippen LogP contribution is 2.33. The van der Waals surface area contributed by atoms with E-state index in [-0.39, 0.29) is 0 Å². The molecule has 1 N–H and O–H groups in total. The SMILES string of the molecule is CC(C)c1ccc2c(ccn2C)c1O. The number of phenolic OH excluding ortho intramolecular Hbond substituents is 1. The van der Waals surface area contributed by atoms with Crippen LogP contribution in [0.15, 0.2) is 24.4 Å². The molecule has 0 aliphatic carbocycles. The van der Waals surface area contributed by atoms with Crippen LogP contribution in [0, 0.1) is 0 Å². The van der Waals surface area contributed by atoms with E-state index in [2.05, 4.69) is 19.9 Å². The summed E-state index contributed by atoms with van der Waals surface area (Å²) in [5.41, 5.74) is 2.09. The molecule has 0 saturated heterocycles. The first-order valence-electron chi connectivity index (χ1n) is 4.88. The first kappa shape index (κ1) is 9.13. The standard InChI is InChI=1S/C12H15NO/c1-8(2)9-4-5-11-10(12(9)14)6-7-13(11)3/h4-8,14H,1-3H3. The third-order valence-corrected chi connectivity index (χ3v) is 2.69. The zero-order valence-electron chi connectivity index (χ0n) is 8.78. The van der Waals surface area contributed by atoms with Crippen molar-refractivity contribution in [1.82, 2.24) is 4.57 Å². The lowest BCUT2D eigenvalue weighted by Crippen LogP contribution is -1.89. The molecular weight excluding hydrogens is 174 g/mol. The molecule has 0 atom stereocenters. The third kappa shape index (κ3) is 1.18. The van der Waals surface area contributed by atoms with Crippen LogP contribution in [0.25, 0.3) is 10.9 Å². The predicted octanol–water partition coefficient (Wildman–Crippen LogP) is 3.01. The molecule has 2 nitrogen and oxygen atoms in total. The summed E-state index contributed by atoms with van der Waals surface area (Å²) in [5.74, 6) is 0.790. The van der Waals surface area contributed by atoms with E-state index in [1.807, 2.05) is 29.9 Å². The summed E-state index contributed by atoms with van der Waals surface area (Å²) in [5, 5.41) is 11.0. The highest BCUT2D eigenvalue weighted by molar-refractivity contribution is 5.87. The summed E-state index contributed by atoms with van der Waals surface area (Å²) in [6, 6.07) is 6.02. The Balaban J connectivity index is 2.76. The van der Waals surface area contributed by atoms with Crippen LogP contribution < -0.4 is 0 Å². The van der Waals surface area contributed by atoms with Crippen molar-refractivity contribution in [3.05, 3.63) is 30.0 Å². The number of phenols is 1. The normalized spacial score (nSPS) is 11.4. The van der Waals surface area contributed by atoms with E-state index in [4.69, 9.17) is 0 Å². The second kappa shape index (κ2) is 3.05. The minimum atomic E-state index is 0.361. The Morgan fingerprint density at radius 2 is 1.93 bits per heavy atom. The maximum Gasteiger partial charge on any atom is 0.128 e. The van der Waals surface area contributed by atoms with Gasteiger partial charge in [0.25, 0.3) is 0 Å². The number of hydrogen-bond donors (Lipinski definition) is 1. The number of rotatable bonds is 1. The van der Waals surface area contributed by atoms with Crippen LogP contribution in [-0.4, -0.2) is 9.67 Å². The number of benzene rings is 1. The number of fused-ring (bicyclic) bond motifs is 1. The Bertz CT molecular complexity index is 468. The summed E-state index contributed by atoms with van der Waals surface area (Å²) >= 11 is 0. The average molecular weight is 189 g/mol. The zero-order valence-corrected chi connectivity index (χ0v) is 8.78. The van der Waals surface area contributed by atoms with Crippen LogP contribution in [0.3, 0.4) is 0 Å². The lowest BCUT2D eigenvalue weighted by molar-refractivity contribution is 0.471. The fourth-order valence-electron chi connectivity index (χ4n) is 1.82. The van der Waals surface area contributed by atoms with Crippen LogP contribution >= 0.6 is 0 Å². The van der Waals surface area contributed by atoms with Crippen molar-refractivity contribution in [2.75, 3.05) is 0 Å². The summed E-state index contributed by atoms with van der Waals surface area (Å²) in [6.07, 6.45) is 1.97. The molecule has 0 spiro atoms. The predicted molar refractivity (Wildman–Crippen MR) is 58.7 cm³/mol. The number of aromatic hydroxyl groups is 1. The van der Waals surface area contributed by atoms with E-state index in [1.165, 1.54) is 0 Å². The van der Waals surface area contributed by atoms with Crippen molar-refractivity contribution in [3.63, 3.8) is 0 Å². The van der Waals surface area contributed by atoms with Gasteiger partial charge in [-0.15, -0.1) is 0 Å². The molecule has 1 heterocycles. The van der Waals surface area contributed by atoms with Gasteiger partial charge in [-0.2, -0.15) is 0 Å². The van der Waals surface area contributed by atoms with Crippen LogP contribution in [0.5, 0.6) is 5.75 Å². The Morgan fingerprint density at radius 3 is 2.57 bits per heavy atom. The fraction of sp³-hybridized carbons (Fsp3) is 0.333. The molecular formula is C12H15NO. The maximum atomic E-state index is 10.0. The first-order valence-corrected chi connectivity index (χ1v) is 4.88. The van der Waals surface area contributed by atoms with E-state index >= 15 is 0 Å². The second-order valence-electron chi connectivity index (χ2n) is 4.02. The van der Waals surface area contributed by atoms with E-state index in [9.17, 15) is 5.11 Å². The zero-order chi connectivity index (χ0) is 10.3. The number of aryl methyl sites for hydroxylation is 1. The van der Waals surface area contributed by atoms with Gasteiger partial charge < -0.3 is 9.67 Å². The van der Waals surface area contributed by atoms with Gasteiger partial charge in [-0.1, -0.05) is 19.9 Å². The summed E-state index contributed by atoms with van der Waals surface area (Å²) in [6.45, 7) is 4.17. The molecule has 0 aliphatic rings. The van der Waals surface area contributed by atoms with E-state index in [1.54, 1.807) is 0 Å². The monoisotopic (exact) mass is 189 g/mol. The topological polar surface area (TPSA) is 25.2 Å². The Morgan fingerprint density at radius 1 is 1.21 bits per heavy atom. The van der Waals surface area contributed by atoms with Gasteiger partial charge in [-0.25, -0.2) is 0 Å². The Labute approximate surface area is 83.8 Å². The molecule has 14 heavy (non-hydrogen) atoms. The van der Waals surface area contributed by atoms with Crippen molar-refractivity contribution in [1.29, 1.82) is 0 Å². The number of hydrogen-bond acceptors (Lipinski definition) is 1. The lowest BCUT2D eigenvalue weighted by Gasteiger charge is -2.09. The highest BCUT2D eigenvalue weighted by atomic mass is 16.3. The first-order chi connectivity index (χ1) is 6.61. The molecule has 0 amide bonds. The minimum Gasteiger partial charge on any atom is -0.507 e. The molecule has 1 aromatic heterocycles. The third-order valence-electron chi connectivity index (χ3n) is 2.69. The van der Waals surface area contributed by atoms with Crippen LogP contribution in [-0.2, 0) is 7.05 Å². The van der Waals surface area contributed by atoms with Gasteiger partial charge in [0.15, 0.2) is 0 Å². The molecule has 1 aromatic carbocycles. The van der Waals surface area contributed by atoms with Gasteiger partial charge in [0.2, 0.25) is 0 Å². The van der Waals surface area contributed by atoms with Gasteiger partial charge in [-0.3, -0.25) is 0 Å². The molecule has 2 heteroatoms. The smallest absolute Gasteiger partial charge is 0.128 e. The largest absolute Gasteiger partial charge is 0.507 e. The number of aromatic nitrogens is 1. The lowest BCUT2D eigenvalue weighted by atomic mass is 10.0. The van der Waals surface area contributed by atoms with Crippen LogP contribution in [0.4, 0.5) is 0 Å². The maximum absolute atomic E-state index is 10.0. The minimum absolute atomic E-state index is 0.361. The summed E-state index contributed by atoms with van der Waals surface area (Å²) in [7, 11) is 1.98. The van der Waals surface area contributed by atoms with Gasteiger partial charge >= 0.3 is 0 Å². The van der Waals surface area contributed by atoms with E-state index in [0.29, 0.717) is 11.7 Å². The molecule has 0 aliphatic heterocycles.